The molecule has 0 spiro atoms. The number of carbonyl (C=O) groups excluding carboxylic acids is 1. The first-order valence-corrected chi connectivity index (χ1v) is 5.80. The number of anilines is 1. The van der Waals surface area contributed by atoms with Crippen molar-refractivity contribution in [3.8, 4) is 0 Å². The molecule has 5 heteroatoms. The molecule has 0 aliphatic heterocycles. The summed E-state index contributed by atoms with van der Waals surface area (Å²) < 4.78 is 13.3. The summed E-state index contributed by atoms with van der Waals surface area (Å²) in [6.45, 7) is 5.22. The van der Waals surface area contributed by atoms with Crippen LogP contribution in [0.1, 0.15) is 20.8 Å². The SMILES string of the molecule is CC(O)C(C)(C)NCC(=O)Nc1ccccc1F. The van der Waals surface area contributed by atoms with Gasteiger partial charge in [-0.1, -0.05) is 12.1 Å². The lowest BCUT2D eigenvalue weighted by Crippen LogP contribution is -2.50. The van der Waals surface area contributed by atoms with Crippen molar-refractivity contribution in [1.82, 2.24) is 5.32 Å². The second-order valence-electron chi connectivity index (χ2n) is 4.78. The number of aliphatic hydroxyl groups excluding tert-OH is 1. The van der Waals surface area contributed by atoms with Gasteiger partial charge < -0.3 is 15.7 Å². The Morgan fingerprint density at radius 3 is 2.61 bits per heavy atom. The first-order valence-electron chi connectivity index (χ1n) is 5.80. The molecule has 100 valence electrons. The van der Waals surface area contributed by atoms with Gasteiger partial charge in [0.25, 0.3) is 0 Å². The Bertz CT molecular complexity index is 419. The molecule has 1 rings (SSSR count). The van der Waals surface area contributed by atoms with Gasteiger partial charge in [-0.3, -0.25) is 4.79 Å². The molecule has 0 fully saturated rings. The molecule has 0 saturated heterocycles. The van der Waals surface area contributed by atoms with Gasteiger partial charge in [-0.05, 0) is 32.9 Å². The highest BCUT2D eigenvalue weighted by atomic mass is 19.1. The van der Waals surface area contributed by atoms with E-state index in [4.69, 9.17) is 0 Å². The van der Waals surface area contributed by atoms with Gasteiger partial charge in [-0.25, -0.2) is 4.39 Å². The monoisotopic (exact) mass is 254 g/mol. The number of amides is 1. The van der Waals surface area contributed by atoms with Crippen LogP contribution in [0.4, 0.5) is 10.1 Å². The van der Waals surface area contributed by atoms with E-state index in [2.05, 4.69) is 10.6 Å². The zero-order valence-electron chi connectivity index (χ0n) is 10.8. The molecule has 1 atom stereocenters. The summed E-state index contributed by atoms with van der Waals surface area (Å²) in [5, 5.41) is 14.8. The van der Waals surface area contributed by atoms with E-state index >= 15 is 0 Å². The first-order chi connectivity index (χ1) is 8.33. The maximum absolute atomic E-state index is 13.3. The van der Waals surface area contributed by atoms with Crippen molar-refractivity contribution >= 4 is 11.6 Å². The lowest BCUT2D eigenvalue weighted by atomic mass is 9.99. The predicted molar refractivity (Wildman–Crippen MR) is 68.8 cm³/mol. The zero-order chi connectivity index (χ0) is 13.8. The van der Waals surface area contributed by atoms with E-state index in [0.717, 1.165) is 0 Å². The lowest BCUT2D eigenvalue weighted by molar-refractivity contribution is -0.115. The molecule has 18 heavy (non-hydrogen) atoms. The molecule has 1 amide bonds. The summed E-state index contributed by atoms with van der Waals surface area (Å²) >= 11 is 0. The van der Waals surface area contributed by atoms with Gasteiger partial charge in [0, 0.05) is 5.54 Å². The second-order valence-corrected chi connectivity index (χ2v) is 4.78. The van der Waals surface area contributed by atoms with Crippen LogP contribution in [-0.4, -0.2) is 29.2 Å². The summed E-state index contributed by atoms with van der Waals surface area (Å²) in [7, 11) is 0. The fourth-order valence-corrected chi connectivity index (χ4v) is 1.21. The second kappa shape index (κ2) is 5.93. The molecular weight excluding hydrogens is 235 g/mol. The average molecular weight is 254 g/mol. The molecule has 1 aromatic carbocycles. The van der Waals surface area contributed by atoms with Crippen LogP contribution in [0.25, 0.3) is 0 Å². The summed E-state index contributed by atoms with van der Waals surface area (Å²) in [4.78, 5) is 11.6. The number of aliphatic hydroxyl groups is 1. The highest BCUT2D eigenvalue weighted by Gasteiger charge is 2.24. The highest BCUT2D eigenvalue weighted by molar-refractivity contribution is 5.92. The van der Waals surface area contributed by atoms with E-state index in [-0.39, 0.29) is 18.1 Å². The van der Waals surface area contributed by atoms with Crippen LogP contribution in [0.15, 0.2) is 24.3 Å². The van der Waals surface area contributed by atoms with E-state index < -0.39 is 17.5 Å². The fourth-order valence-electron chi connectivity index (χ4n) is 1.21. The van der Waals surface area contributed by atoms with Crippen molar-refractivity contribution in [1.29, 1.82) is 0 Å². The normalized spacial score (nSPS) is 13.2. The maximum atomic E-state index is 13.3. The van der Waals surface area contributed by atoms with Crippen LogP contribution >= 0.6 is 0 Å². The van der Waals surface area contributed by atoms with E-state index in [0.29, 0.717) is 0 Å². The number of hydrogen-bond donors (Lipinski definition) is 3. The van der Waals surface area contributed by atoms with Gasteiger partial charge in [-0.2, -0.15) is 0 Å². The minimum absolute atomic E-state index is 0.00618. The Hall–Kier alpha value is -1.46. The van der Waals surface area contributed by atoms with E-state index in [1.54, 1.807) is 32.9 Å². The summed E-state index contributed by atoms with van der Waals surface area (Å²) in [5.74, 6) is -0.825. The van der Waals surface area contributed by atoms with Crippen molar-refractivity contribution in [3.63, 3.8) is 0 Å². The van der Waals surface area contributed by atoms with Crippen LogP contribution in [0, 0.1) is 5.82 Å². The highest BCUT2D eigenvalue weighted by Crippen LogP contribution is 2.12. The maximum Gasteiger partial charge on any atom is 0.238 e. The van der Waals surface area contributed by atoms with E-state index in [1.165, 1.54) is 12.1 Å². The zero-order valence-corrected chi connectivity index (χ0v) is 10.8. The van der Waals surface area contributed by atoms with Gasteiger partial charge in [0.05, 0.1) is 18.3 Å². The third kappa shape index (κ3) is 4.09. The largest absolute Gasteiger partial charge is 0.392 e. The standard InChI is InChI=1S/C13H19FN2O2/c1-9(17)13(2,3)15-8-12(18)16-11-7-5-4-6-10(11)14/h4-7,9,15,17H,8H2,1-3H3,(H,16,18). The minimum atomic E-state index is -0.598. The number of halogens is 1. The average Bonchev–Trinajstić information content (AvgIpc) is 2.29. The fraction of sp³-hybridized carbons (Fsp3) is 0.462. The smallest absolute Gasteiger partial charge is 0.238 e. The third-order valence-corrected chi connectivity index (χ3v) is 2.90. The van der Waals surface area contributed by atoms with Gasteiger partial charge in [0.15, 0.2) is 0 Å². The van der Waals surface area contributed by atoms with Crippen molar-refractivity contribution in [2.24, 2.45) is 0 Å². The Balaban J connectivity index is 2.51. The number of nitrogens with one attached hydrogen (secondary N) is 2. The molecule has 4 nitrogen and oxygen atoms in total. The quantitative estimate of drug-likeness (QED) is 0.746. The molecule has 0 heterocycles. The number of rotatable bonds is 5. The van der Waals surface area contributed by atoms with Crippen molar-refractivity contribution in [2.45, 2.75) is 32.4 Å². The molecule has 0 saturated carbocycles. The molecule has 0 aliphatic rings. The van der Waals surface area contributed by atoms with Gasteiger partial charge in [0.1, 0.15) is 5.82 Å². The Morgan fingerprint density at radius 2 is 2.06 bits per heavy atom. The van der Waals surface area contributed by atoms with Gasteiger partial charge >= 0.3 is 0 Å². The first kappa shape index (κ1) is 14.6. The molecule has 1 unspecified atom stereocenters. The predicted octanol–water partition coefficient (Wildman–Crippen LogP) is 1.51. The minimum Gasteiger partial charge on any atom is -0.392 e. The number of hydrogen-bond acceptors (Lipinski definition) is 3. The van der Waals surface area contributed by atoms with Crippen molar-refractivity contribution in [3.05, 3.63) is 30.1 Å². The summed E-state index contributed by atoms with van der Waals surface area (Å²) in [6.07, 6.45) is -0.598. The van der Waals surface area contributed by atoms with Crippen LogP contribution in [0.5, 0.6) is 0 Å². The Labute approximate surface area is 106 Å². The summed E-state index contributed by atoms with van der Waals surface area (Å²) in [6, 6.07) is 5.97. The molecule has 1 aromatic rings. The van der Waals surface area contributed by atoms with Crippen LogP contribution in [0.2, 0.25) is 0 Å². The number of para-hydroxylation sites is 1. The van der Waals surface area contributed by atoms with Crippen LogP contribution in [0.3, 0.4) is 0 Å². The Morgan fingerprint density at radius 1 is 1.44 bits per heavy atom. The molecule has 0 aliphatic carbocycles. The summed E-state index contributed by atoms with van der Waals surface area (Å²) in [5.41, 5.74) is -0.425. The van der Waals surface area contributed by atoms with Crippen LogP contribution in [-0.2, 0) is 4.79 Å². The van der Waals surface area contributed by atoms with Gasteiger partial charge in [-0.15, -0.1) is 0 Å². The molecular formula is C13H19FN2O2. The molecule has 0 radical (unpaired) electrons. The molecule has 0 bridgehead atoms. The molecule has 3 N–H and O–H groups in total. The Kier molecular flexibility index (Phi) is 4.81. The lowest BCUT2D eigenvalue weighted by Gasteiger charge is -2.29. The van der Waals surface area contributed by atoms with E-state index in [1.807, 2.05) is 0 Å². The van der Waals surface area contributed by atoms with Crippen molar-refractivity contribution < 1.29 is 14.3 Å². The third-order valence-electron chi connectivity index (χ3n) is 2.90. The molecule has 0 aromatic heterocycles. The van der Waals surface area contributed by atoms with E-state index in [9.17, 15) is 14.3 Å². The van der Waals surface area contributed by atoms with Crippen molar-refractivity contribution in [2.75, 3.05) is 11.9 Å². The number of carbonyl (C=O) groups is 1. The van der Waals surface area contributed by atoms with Crippen LogP contribution < -0.4 is 10.6 Å². The van der Waals surface area contributed by atoms with Gasteiger partial charge in [0.2, 0.25) is 5.91 Å². The topological polar surface area (TPSA) is 61.4 Å². The number of benzene rings is 1.